The summed E-state index contributed by atoms with van der Waals surface area (Å²) in [5, 5.41) is 17.3. The largest absolute Gasteiger partial charge is 0.481 e. The van der Waals surface area contributed by atoms with Crippen molar-refractivity contribution in [3.8, 4) is 0 Å². The molecule has 1 rings (SSSR count). The van der Waals surface area contributed by atoms with Crippen LogP contribution in [0, 0.1) is 5.41 Å². The van der Waals surface area contributed by atoms with E-state index in [9.17, 15) is 18.4 Å². The maximum absolute atomic E-state index is 12.6. The van der Waals surface area contributed by atoms with Gasteiger partial charge in [-0.15, -0.1) is 0 Å². The Bertz CT molecular complexity index is 274. The van der Waals surface area contributed by atoms with Gasteiger partial charge in [0.25, 0.3) is 6.43 Å². The van der Waals surface area contributed by atoms with Crippen LogP contribution >= 0.6 is 0 Å². The van der Waals surface area contributed by atoms with E-state index in [1.807, 2.05) is 0 Å². The first-order valence-corrected chi connectivity index (χ1v) is 4.39. The minimum Gasteiger partial charge on any atom is -0.481 e. The van der Waals surface area contributed by atoms with E-state index >= 15 is 0 Å². The maximum atomic E-state index is 12.6. The van der Waals surface area contributed by atoms with Crippen molar-refractivity contribution in [3.05, 3.63) is 0 Å². The summed E-state index contributed by atoms with van der Waals surface area (Å²) in [6.45, 7) is -0.321. The standard InChI is InChI=1S/C8H11F2NO4/c9-5(10)8(6(12)13)1-3-11(4-2-8)7(14)15/h5H,1-4H2,(H,12,13)(H,14,15). The third-order valence-electron chi connectivity index (χ3n) is 2.77. The molecule has 1 fully saturated rings. The van der Waals surface area contributed by atoms with Crippen molar-refractivity contribution in [2.75, 3.05) is 13.1 Å². The van der Waals surface area contributed by atoms with Crippen LogP contribution in [0.1, 0.15) is 12.8 Å². The van der Waals surface area contributed by atoms with Gasteiger partial charge in [0.1, 0.15) is 5.41 Å². The summed E-state index contributed by atoms with van der Waals surface area (Å²) in [6, 6.07) is 0. The molecule has 0 aliphatic carbocycles. The third-order valence-corrected chi connectivity index (χ3v) is 2.77. The number of amides is 1. The van der Waals surface area contributed by atoms with E-state index in [1.165, 1.54) is 0 Å². The van der Waals surface area contributed by atoms with Crippen molar-refractivity contribution >= 4 is 12.1 Å². The molecule has 1 aliphatic heterocycles. The van der Waals surface area contributed by atoms with E-state index < -0.39 is 23.9 Å². The van der Waals surface area contributed by atoms with E-state index in [1.54, 1.807) is 0 Å². The molecule has 0 bridgehead atoms. The van der Waals surface area contributed by atoms with Gasteiger partial charge < -0.3 is 15.1 Å². The van der Waals surface area contributed by atoms with Gasteiger partial charge in [0, 0.05) is 13.1 Å². The fourth-order valence-corrected chi connectivity index (χ4v) is 1.62. The molecule has 1 aliphatic rings. The molecule has 86 valence electrons. The second-order valence-electron chi connectivity index (χ2n) is 3.53. The molecule has 0 atom stereocenters. The van der Waals surface area contributed by atoms with E-state index in [-0.39, 0.29) is 25.9 Å². The highest BCUT2D eigenvalue weighted by molar-refractivity contribution is 5.76. The van der Waals surface area contributed by atoms with Crippen molar-refractivity contribution in [2.45, 2.75) is 19.3 Å². The second kappa shape index (κ2) is 4.00. The highest BCUT2D eigenvalue weighted by atomic mass is 19.3. The number of hydrogen-bond donors (Lipinski definition) is 2. The Morgan fingerprint density at radius 2 is 1.67 bits per heavy atom. The third kappa shape index (κ3) is 2.00. The first-order chi connectivity index (χ1) is 6.90. The molecule has 15 heavy (non-hydrogen) atoms. The number of rotatable bonds is 2. The van der Waals surface area contributed by atoms with Crippen LogP contribution in [0.5, 0.6) is 0 Å². The number of alkyl halides is 2. The van der Waals surface area contributed by atoms with Crippen LogP contribution in [0.2, 0.25) is 0 Å². The normalized spacial score (nSPS) is 20.3. The SMILES string of the molecule is O=C(O)N1CCC(C(=O)O)(C(F)F)CC1. The Morgan fingerprint density at radius 3 is 1.93 bits per heavy atom. The molecule has 0 aromatic rings. The predicted molar refractivity (Wildman–Crippen MR) is 44.9 cm³/mol. The monoisotopic (exact) mass is 223 g/mol. The zero-order chi connectivity index (χ0) is 11.6. The summed E-state index contributed by atoms with van der Waals surface area (Å²) < 4.78 is 25.2. The van der Waals surface area contributed by atoms with Gasteiger partial charge in [-0.05, 0) is 12.8 Å². The van der Waals surface area contributed by atoms with Crippen molar-refractivity contribution in [1.29, 1.82) is 0 Å². The molecule has 0 spiro atoms. The summed E-state index contributed by atoms with van der Waals surface area (Å²) in [5.41, 5.74) is -2.08. The van der Waals surface area contributed by atoms with E-state index in [0.29, 0.717) is 0 Å². The van der Waals surface area contributed by atoms with Crippen molar-refractivity contribution < 1.29 is 28.6 Å². The quantitative estimate of drug-likeness (QED) is 0.734. The minimum atomic E-state index is -2.97. The zero-order valence-electron chi connectivity index (χ0n) is 7.82. The van der Waals surface area contributed by atoms with Crippen molar-refractivity contribution in [3.63, 3.8) is 0 Å². The molecule has 2 N–H and O–H groups in total. The topological polar surface area (TPSA) is 77.8 Å². The number of carbonyl (C=O) groups is 2. The second-order valence-corrected chi connectivity index (χ2v) is 3.53. The van der Waals surface area contributed by atoms with Crippen LogP contribution in [0.4, 0.5) is 13.6 Å². The Kier molecular flexibility index (Phi) is 3.11. The predicted octanol–water partition coefficient (Wildman–Crippen LogP) is 1.10. The number of carboxylic acids is 1. The van der Waals surface area contributed by atoms with Gasteiger partial charge in [0.05, 0.1) is 0 Å². The Hall–Kier alpha value is -1.40. The van der Waals surface area contributed by atoms with Crippen LogP contribution in [-0.4, -0.2) is 46.7 Å². The number of carboxylic acid groups (broad SMARTS) is 2. The van der Waals surface area contributed by atoms with Gasteiger partial charge in [0.2, 0.25) is 0 Å². The lowest BCUT2D eigenvalue weighted by atomic mass is 9.79. The molecule has 0 unspecified atom stereocenters. The molecular weight excluding hydrogens is 212 g/mol. The van der Waals surface area contributed by atoms with Crippen LogP contribution in [0.25, 0.3) is 0 Å². The van der Waals surface area contributed by atoms with Crippen molar-refractivity contribution in [1.82, 2.24) is 4.90 Å². The first kappa shape index (κ1) is 11.7. The van der Waals surface area contributed by atoms with Gasteiger partial charge in [-0.2, -0.15) is 0 Å². The molecular formula is C8H11F2NO4. The van der Waals surface area contributed by atoms with Crippen LogP contribution in [0.15, 0.2) is 0 Å². The van der Waals surface area contributed by atoms with E-state index in [2.05, 4.69) is 0 Å². The molecule has 5 nitrogen and oxygen atoms in total. The molecule has 1 heterocycles. The lowest BCUT2D eigenvalue weighted by Crippen LogP contribution is -2.49. The van der Waals surface area contributed by atoms with Gasteiger partial charge in [-0.25, -0.2) is 13.6 Å². The maximum Gasteiger partial charge on any atom is 0.407 e. The number of piperidine rings is 1. The van der Waals surface area contributed by atoms with Crippen LogP contribution in [-0.2, 0) is 4.79 Å². The smallest absolute Gasteiger partial charge is 0.407 e. The fraction of sp³-hybridized carbons (Fsp3) is 0.750. The first-order valence-electron chi connectivity index (χ1n) is 4.39. The summed E-state index contributed by atoms with van der Waals surface area (Å²) in [5.74, 6) is -1.55. The Balaban J connectivity index is 2.74. The van der Waals surface area contributed by atoms with Gasteiger partial charge >= 0.3 is 12.1 Å². The summed E-state index contributed by atoms with van der Waals surface area (Å²) in [6.07, 6.45) is -4.85. The lowest BCUT2D eigenvalue weighted by molar-refractivity contribution is -0.164. The number of nitrogens with zero attached hydrogens (tertiary/aromatic N) is 1. The molecule has 0 aromatic heterocycles. The molecule has 0 radical (unpaired) electrons. The highest BCUT2D eigenvalue weighted by Gasteiger charge is 2.49. The van der Waals surface area contributed by atoms with Crippen LogP contribution in [0.3, 0.4) is 0 Å². The molecule has 0 saturated carbocycles. The minimum absolute atomic E-state index is 0.161. The van der Waals surface area contributed by atoms with E-state index in [0.717, 1.165) is 4.90 Å². The average Bonchev–Trinajstić information content (AvgIpc) is 2.17. The number of likely N-dealkylation sites (tertiary alicyclic amines) is 1. The highest BCUT2D eigenvalue weighted by Crippen LogP contribution is 2.37. The molecule has 7 heteroatoms. The number of hydrogen-bond acceptors (Lipinski definition) is 2. The number of halogens is 2. The lowest BCUT2D eigenvalue weighted by Gasteiger charge is -2.36. The van der Waals surface area contributed by atoms with Gasteiger partial charge in [-0.3, -0.25) is 4.79 Å². The van der Waals surface area contributed by atoms with E-state index in [4.69, 9.17) is 10.2 Å². The van der Waals surface area contributed by atoms with Crippen LogP contribution < -0.4 is 0 Å². The Labute approximate surface area is 84.3 Å². The molecule has 1 amide bonds. The van der Waals surface area contributed by atoms with Gasteiger partial charge in [0.15, 0.2) is 0 Å². The van der Waals surface area contributed by atoms with Gasteiger partial charge in [-0.1, -0.05) is 0 Å². The Morgan fingerprint density at radius 1 is 1.20 bits per heavy atom. The molecule has 1 saturated heterocycles. The molecule has 0 aromatic carbocycles. The van der Waals surface area contributed by atoms with Crippen molar-refractivity contribution in [2.24, 2.45) is 5.41 Å². The average molecular weight is 223 g/mol. The fourth-order valence-electron chi connectivity index (χ4n) is 1.62. The zero-order valence-corrected chi connectivity index (χ0v) is 7.82. The summed E-state index contributed by atoms with van der Waals surface area (Å²) in [4.78, 5) is 22.2. The summed E-state index contributed by atoms with van der Waals surface area (Å²) >= 11 is 0. The summed E-state index contributed by atoms with van der Waals surface area (Å²) in [7, 11) is 0. The number of aliphatic carboxylic acids is 1.